The van der Waals surface area contributed by atoms with E-state index in [4.69, 9.17) is 9.47 Å². The predicted octanol–water partition coefficient (Wildman–Crippen LogP) is 1.88. The summed E-state index contributed by atoms with van der Waals surface area (Å²) < 4.78 is 13.2. The first-order chi connectivity index (χ1) is 17.0. The molecule has 0 saturated carbocycles. The van der Waals surface area contributed by atoms with E-state index in [9.17, 15) is 9.59 Å². The Labute approximate surface area is 207 Å². The molecule has 0 N–H and O–H groups in total. The number of amides is 2. The Morgan fingerprint density at radius 1 is 1.00 bits per heavy atom. The van der Waals surface area contributed by atoms with Gasteiger partial charge < -0.3 is 19.3 Å². The zero-order valence-corrected chi connectivity index (χ0v) is 20.4. The number of aromatic nitrogens is 4. The van der Waals surface area contributed by atoms with Gasteiger partial charge in [0.2, 0.25) is 17.2 Å². The Morgan fingerprint density at radius 3 is 2.54 bits per heavy atom. The number of para-hydroxylation sites is 2. The summed E-state index contributed by atoms with van der Waals surface area (Å²) in [6.07, 6.45) is -0.674. The Bertz CT molecular complexity index is 1240. The standard InChI is InChI=1S/C24H26N6O4S/c1-16-6-5-7-18(17(16)2)30-24(25-26-27-30)35-15-22(31)28-10-12-29(13-11-28)23(32)21-14-33-19-8-3-4-9-20(19)34-21/h3-9,21H,10-15H2,1-2H3/t21-/m0/s1. The summed E-state index contributed by atoms with van der Waals surface area (Å²) in [6, 6.07) is 13.3. The highest BCUT2D eigenvalue weighted by Crippen LogP contribution is 2.31. The van der Waals surface area contributed by atoms with Crippen LogP contribution in [0.15, 0.2) is 47.6 Å². The van der Waals surface area contributed by atoms with E-state index in [1.54, 1.807) is 20.5 Å². The number of carbonyl (C=O) groups is 2. The highest BCUT2D eigenvalue weighted by atomic mass is 32.2. The van der Waals surface area contributed by atoms with E-state index in [2.05, 4.69) is 15.5 Å². The van der Waals surface area contributed by atoms with Gasteiger partial charge in [0.05, 0.1) is 11.4 Å². The number of tetrazole rings is 1. The van der Waals surface area contributed by atoms with Crippen LogP contribution in [0.1, 0.15) is 11.1 Å². The Morgan fingerprint density at radius 2 is 1.74 bits per heavy atom. The van der Waals surface area contributed by atoms with Crippen molar-refractivity contribution in [2.45, 2.75) is 25.1 Å². The minimum atomic E-state index is -0.674. The Kier molecular flexibility index (Phi) is 6.58. The maximum absolute atomic E-state index is 12.9. The van der Waals surface area contributed by atoms with Crippen LogP contribution >= 0.6 is 11.8 Å². The highest BCUT2D eigenvalue weighted by molar-refractivity contribution is 7.99. The van der Waals surface area contributed by atoms with Gasteiger partial charge in [-0.25, -0.2) is 0 Å². The molecule has 1 saturated heterocycles. The summed E-state index contributed by atoms with van der Waals surface area (Å²) >= 11 is 1.31. The van der Waals surface area contributed by atoms with Crippen molar-refractivity contribution in [3.05, 3.63) is 53.6 Å². The van der Waals surface area contributed by atoms with Crippen LogP contribution < -0.4 is 9.47 Å². The van der Waals surface area contributed by atoms with Crippen LogP contribution in [0.25, 0.3) is 5.69 Å². The number of hydrogen-bond acceptors (Lipinski definition) is 8. The lowest BCUT2D eigenvalue weighted by Gasteiger charge is -2.37. The minimum absolute atomic E-state index is 0.0104. The maximum atomic E-state index is 12.9. The molecule has 1 aromatic heterocycles. The van der Waals surface area contributed by atoms with Crippen molar-refractivity contribution in [1.82, 2.24) is 30.0 Å². The molecule has 2 aliphatic rings. The number of nitrogens with zero attached hydrogens (tertiary/aromatic N) is 6. The van der Waals surface area contributed by atoms with Crippen LogP contribution in [0.4, 0.5) is 0 Å². The summed E-state index contributed by atoms with van der Waals surface area (Å²) in [6.45, 7) is 6.09. The quantitative estimate of drug-likeness (QED) is 0.496. The number of aryl methyl sites for hydroxylation is 1. The van der Waals surface area contributed by atoms with Crippen molar-refractivity contribution in [2.75, 3.05) is 38.5 Å². The van der Waals surface area contributed by atoms with Gasteiger partial charge in [-0.3, -0.25) is 9.59 Å². The number of carbonyl (C=O) groups excluding carboxylic acids is 2. The second kappa shape index (κ2) is 9.95. The zero-order valence-electron chi connectivity index (χ0n) is 19.6. The fraction of sp³-hybridized carbons (Fsp3) is 0.375. The highest BCUT2D eigenvalue weighted by Gasteiger charge is 2.33. The molecule has 182 valence electrons. The van der Waals surface area contributed by atoms with Crippen molar-refractivity contribution < 1.29 is 19.1 Å². The lowest BCUT2D eigenvalue weighted by molar-refractivity contribution is -0.145. The van der Waals surface area contributed by atoms with Crippen LogP contribution in [-0.2, 0) is 9.59 Å². The van der Waals surface area contributed by atoms with Crippen LogP contribution in [-0.4, -0.2) is 86.5 Å². The largest absolute Gasteiger partial charge is 0.485 e. The molecule has 2 aliphatic heterocycles. The van der Waals surface area contributed by atoms with Crippen LogP contribution in [0.5, 0.6) is 11.5 Å². The molecule has 2 amide bonds. The van der Waals surface area contributed by atoms with Crippen LogP contribution in [0.3, 0.4) is 0 Å². The molecule has 0 radical (unpaired) electrons. The third kappa shape index (κ3) is 4.81. The molecule has 3 heterocycles. The number of piperazine rings is 1. The number of thioether (sulfide) groups is 1. The molecule has 0 bridgehead atoms. The smallest absolute Gasteiger partial charge is 0.267 e. The third-order valence-electron chi connectivity index (χ3n) is 6.30. The lowest BCUT2D eigenvalue weighted by atomic mass is 10.1. The predicted molar refractivity (Wildman–Crippen MR) is 129 cm³/mol. The van der Waals surface area contributed by atoms with E-state index < -0.39 is 6.10 Å². The van der Waals surface area contributed by atoms with E-state index in [1.165, 1.54) is 11.8 Å². The average Bonchev–Trinajstić information content (AvgIpc) is 3.36. The summed E-state index contributed by atoms with van der Waals surface area (Å²) in [4.78, 5) is 29.3. The molecule has 1 atom stereocenters. The summed E-state index contributed by atoms with van der Waals surface area (Å²) in [5.74, 6) is 1.31. The molecule has 3 aromatic rings. The van der Waals surface area contributed by atoms with Gasteiger partial charge in [-0.15, -0.1) is 5.10 Å². The van der Waals surface area contributed by atoms with Gasteiger partial charge >= 0.3 is 0 Å². The van der Waals surface area contributed by atoms with E-state index in [-0.39, 0.29) is 24.2 Å². The first kappa shape index (κ1) is 23.2. The van der Waals surface area contributed by atoms with Gasteiger partial charge in [0.15, 0.2) is 11.5 Å². The number of hydrogen-bond donors (Lipinski definition) is 0. The molecule has 35 heavy (non-hydrogen) atoms. The van der Waals surface area contributed by atoms with Crippen LogP contribution in [0, 0.1) is 13.8 Å². The Balaban J connectivity index is 1.14. The van der Waals surface area contributed by atoms with Crippen LogP contribution in [0.2, 0.25) is 0 Å². The molecule has 0 unspecified atom stereocenters. The minimum Gasteiger partial charge on any atom is -0.485 e. The van der Waals surface area contributed by atoms with Gasteiger partial charge in [-0.2, -0.15) is 4.68 Å². The molecule has 0 aliphatic carbocycles. The van der Waals surface area contributed by atoms with E-state index >= 15 is 0 Å². The van der Waals surface area contributed by atoms with E-state index in [1.807, 2.05) is 50.2 Å². The monoisotopic (exact) mass is 494 g/mol. The van der Waals surface area contributed by atoms with Gasteiger partial charge in [0, 0.05) is 26.2 Å². The number of fused-ring (bicyclic) bond motifs is 1. The zero-order chi connectivity index (χ0) is 24.4. The number of ether oxygens (including phenoxy) is 2. The van der Waals surface area contributed by atoms with Crippen molar-refractivity contribution in [1.29, 1.82) is 0 Å². The SMILES string of the molecule is Cc1cccc(-n2nnnc2SCC(=O)N2CCN(C(=O)[C@@H]3COc4ccccc4O3)CC2)c1C. The molecule has 10 nitrogen and oxygen atoms in total. The normalized spacial score (nSPS) is 17.4. The van der Waals surface area contributed by atoms with Crippen molar-refractivity contribution in [2.24, 2.45) is 0 Å². The van der Waals surface area contributed by atoms with Gasteiger partial charge in [-0.05, 0) is 53.6 Å². The summed E-state index contributed by atoms with van der Waals surface area (Å²) in [5.41, 5.74) is 3.13. The van der Waals surface area contributed by atoms with Crippen molar-refractivity contribution in [3.8, 4) is 17.2 Å². The maximum Gasteiger partial charge on any atom is 0.267 e. The van der Waals surface area contributed by atoms with Crippen molar-refractivity contribution in [3.63, 3.8) is 0 Å². The van der Waals surface area contributed by atoms with Gasteiger partial charge in [0.25, 0.3) is 5.91 Å². The topological polar surface area (TPSA) is 103 Å². The summed E-state index contributed by atoms with van der Waals surface area (Å²) in [7, 11) is 0. The van der Waals surface area contributed by atoms with E-state index in [0.29, 0.717) is 42.8 Å². The number of benzene rings is 2. The molecule has 5 rings (SSSR count). The second-order valence-electron chi connectivity index (χ2n) is 8.45. The molecule has 1 fully saturated rings. The Hall–Kier alpha value is -3.60. The van der Waals surface area contributed by atoms with Gasteiger partial charge in [0.1, 0.15) is 6.61 Å². The molecular weight excluding hydrogens is 468 g/mol. The van der Waals surface area contributed by atoms with Crippen molar-refractivity contribution >= 4 is 23.6 Å². The van der Waals surface area contributed by atoms with Gasteiger partial charge in [-0.1, -0.05) is 36.0 Å². The lowest BCUT2D eigenvalue weighted by Crippen LogP contribution is -2.55. The average molecular weight is 495 g/mol. The molecule has 2 aromatic carbocycles. The fourth-order valence-electron chi connectivity index (χ4n) is 4.12. The fourth-order valence-corrected chi connectivity index (χ4v) is 4.91. The molecule has 0 spiro atoms. The molecule has 11 heteroatoms. The second-order valence-corrected chi connectivity index (χ2v) is 9.39. The first-order valence-corrected chi connectivity index (χ1v) is 12.4. The van der Waals surface area contributed by atoms with E-state index in [0.717, 1.165) is 16.8 Å². The number of rotatable bonds is 5. The summed E-state index contributed by atoms with van der Waals surface area (Å²) in [5, 5.41) is 12.6. The third-order valence-corrected chi connectivity index (χ3v) is 7.20. The molecular formula is C24H26N6O4S. The first-order valence-electron chi connectivity index (χ1n) is 11.4.